The van der Waals surface area contributed by atoms with Gasteiger partial charge in [-0.1, -0.05) is 43.5 Å². The van der Waals surface area contributed by atoms with Gasteiger partial charge < -0.3 is 15.8 Å². The van der Waals surface area contributed by atoms with E-state index in [1.165, 1.54) is 6.42 Å². The molecule has 0 heterocycles. The molecule has 0 aromatic heterocycles. The van der Waals surface area contributed by atoms with Crippen LogP contribution >= 0.6 is 12.4 Å². The maximum Gasteiger partial charge on any atom is 0.411 e. The third-order valence-electron chi connectivity index (χ3n) is 4.93. The van der Waals surface area contributed by atoms with Gasteiger partial charge in [-0.25, -0.2) is 0 Å². The van der Waals surface area contributed by atoms with Crippen LogP contribution in [0.4, 0.5) is 13.2 Å². The van der Waals surface area contributed by atoms with Gasteiger partial charge in [-0.2, -0.15) is 13.2 Å². The van der Waals surface area contributed by atoms with Gasteiger partial charge in [-0.05, 0) is 35.9 Å². The summed E-state index contributed by atoms with van der Waals surface area (Å²) in [5.74, 6) is -0.00469. The van der Waals surface area contributed by atoms with E-state index < -0.39 is 12.8 Å². The predicted octanol–water partition coefficient (Wildman–Crippen LogP) is 4.10. The molecular formula is C19H28ClF3N2O2. The van der Waals surface area contributed by atoms with Crippen LogP contribution < -0.4 is 11.1 Å². The summed E-state index contributed by atoms with van der Waals surface area (Å²) < 4.78 is 40.8. The van der Waals surface area contributed by atoms with Crippen molar-refractivity contribution in [1.82, 2.24) is 5.32 Å². The lowest BCUT2D eigenvalue weighted by Gasteiger charge is -2.35. The number of halogens is 4. The molecule has 4 nitrogen and oxygen atoms in total. The maximum absolute atomic E-state index is 12.3. The first kappa shape index (κ1) is 23.7. The molecule has 1 aromatic rings. The van der Waals surface area contributed by atoms with E-state index in [9.17, 15) is 18.0 Å². The summed E-state index contributed by atoms with van der Waals surface area (Å²) in [6.07, 6.45) is 1.61. The fourth-order valence-electron chi connectivity index (χ4n) is 3.40. The molecule has 1 fully saturated rings. The van der Waals surface area contributed by atoms with Crippen LogP contribution in [0.5, 0.6) is 0 Å². The number of carbonyl (C=O) groups is 1. The van der Waals surface area contributed by atoms with Gasteiger partial charge in [0.25, 0.3) is 0 Å². The average Bonchev–Trinajstić information content (AvgIpc) is 2.61. The van der Waals surface area contributed by atoms with E-state index in [0.717, 1.165) is 31.2 Å². The van der Waals surface area contributed by atoms with Crippen molar-refractivity contribution >= 4 is 18.3 Å². The van der Waals surface area contributed by atoms with E-state index in [1.807, 2.05) is 0 Å². The summed E-state index contributed by atoms with van der Waals surface area (Å²) in [7, 11) is 0. The lowest BCUT2D eigenvalue weighted by molar-refractivity contribution is -0.176. The Morgan fingerprint density at radius 1 is 1.11 bits per heavy atom. The highest BCUT2D eigenvalue weighted by Gasteiger charge is 2.32. The monoisotopic (exact) mass is 408 g/mol. The second-order valence-electron chi connectivity index (χ2n) is 7.14. The summed E-state index contributed by atoms with van der Waals surface area (Å²) in [4.78, 5) is 12.3. The van der Waals surface area contributed by atoms with Gasteiger partial charge in [-0.15, -0.1) is 12.4 Å². The highest BCUT2D eigenvalue weighted by molar-refractivity contribution is 5.85. The summed E-state index contributed by atoms with van der Waals surface area (Å²) in [6, 6.07) is 6.98. The minimum absolute atomic E-state index is 0. The van der Waals surface area contributed by atoms with Crippen molar-refractivity contribution in [3.05, 3.63) is 35.4 Å². The zero-order valence-corrected chi connectivity index (χ0v) is 16.1. The summed E-state index contributed by atoms with van der Waals surface area (Å²) in [6.45, 7) is -0.422. The van der Waals surface area contributed by atoms with Gasteiger partial charge in [0.15, 0.2) is 0 Å². The number of amides is 1. The van der Waals surface area contributed by atoms with Crippen molar-refractivity contribution in [2.75, 3.05) is 13.2 Å². The smallest absolute Gasteiger partial charge is 0.367 e. The minimum Gasteiger partial charge on any atom is -0.367 e. The second kappa shape index (κ2) is 10.9. The van der Waals surface area contributed by atoms with Crippen molar-refractivity contribution in [2.45, 2.75) is 57.9 Å². The number of ether oxygens (including phenoxy) is 1. The molecule has 3 N–H and O–H groups in total. The molecule has 0 unspecified atom stereocenters. The van der Waals surface area contributed by atoms with Crippen LogP contribution in [-0.2, 0) is 22.7 Å². The van der Waals surface area contributed by atoms with Gasteiger partial charge in [0.2, 0.25) is 5.91 Å². The Labute approximate surface area is 164 Å². The molecular weight excluding hydrogens is 381 g/mol. The number of rotatable bonds is 8. The van der Waals surface area contributed by atoms with Crippen LogP contribution in [0.2, 0.25) is 0 Å². The Kier molecular flexibility index (Phi) is 9.56. The first-order chi connectivity index (χ1) is 12.3. The topological polar surface area (TPSA) is 64.4 Å². The van der Waals surface area contributed by atoms with E-state index in [2.05, 4.69) is 10.1 Å². The molecule has 2 rings (SSSR count). The zero-order valence-electron chi connectivity index (χ0n) is 15.3. The molecule has 1 aromatic carbocycles. The van der Waals surface area contributed by atoms with Crippen molar-refractivity contribution in [3.8, 4) is 0 Å². The van der Waals surface area contributed by atoms with Crippen LogP contribution in [0.1, 0.15) is 49.7 Å². The Balaban J connectivity index is 0.00000364. The molecule has 0 saturated heterocycles. The molecule has 154 valence electrons. The van der Waals surface area contributed by atoms with Crippen LogP contribution in [0.25, 0.3) is 0 Å². The van der Waals surface area contributed by atoms with Crippen LogP contribution in [0.3, 0.4) is 0 Å². The number of nitrogens with one attached hydrogen (secondary N) is 1. The first-order valence-electron chi connectivity index (χ1n) is 9.01. The number of hydrogen-bond acceptors (Lipinski definition) is 3. The second-order valence-corrected chi connectivity index (χ2v) is 7.14. The third kappa shape index (κ3) is 8.49. The molecule has 0 spiro atoms. The van der Waals surface area contributed by atoms with E-state index in [1.54, 1.807) is 24.3 Å². The van der Waals surface area contributed by atoms with Crippen LogP contribution in [0.15, 0.2) is 24.3 Å². The Bertz CT molecular complexity index is 573. The largest absolute Gasteiger partial charge is 0.411 e. The lowest BCUT2D eigenvalue weighted by atomic mass is 9.71. The van der Waals surface area contributed by atoms with Crippen molar-refractivity contribution < 1.29 is 22.7 Å². The van der Waals surface area contributed by atoms with Crippen LogP contribution in [-0.4, -0.2) is 25.2 Å². The molecule has 1 aliphatic carbocycles. The highest BCUT2D eigenvalue weighted by atomic mass is 35.5. The Hall–Kier alpha value is -1.31. The fraction of sp³-hybridized carbons (Fsp3) is 0.632. The normalized spacial score (nSPS) is 16.4. The number of nitrogens with two attached hydrogens (primary N) is 1. The summed E-state index contributed by atoms with van der Waals surface area (Å²) >= 11 is 0. The highest BCUT2D eigenvalue weighted by Crippen LogP contribution is 2.38. The van der Waals surface area contributed by atoms with E-state index in [-0.39, 0.29) is 30.3 Å². The standard InChI is InChI=1S/C19H27F3N2O2.ClH/c20-19(21,22)14-26-12-16-6-4-15(5-7-16)11-24-17(25)10-18(13-23)8-2-1-3-9-18;/h4-7H,1-3,8-14,23H2,(H,24,25);1H. The number of hydrogen-bond donors (Lipinski definition) is 2. The maximum atomic E-state index is 12.3. The minimum atomic E-state index is -4.32. The molecule has 1 saturated carbocycles. The van der Waals surface area contributed by atoms with Gasteiger partial charge in [0.05, 0.1) is 6.61 Å². The zero-order chi connectivity index (χ0) is 19.0. The Morgan fingerprint density at radius 2 is 1.70 bits per heavy atom. The SMILES string of the molecule is Cl.NCC1(CC(=O)NCc2ccc(COCC(F)(F)F)cc2)CCCCC1. The lowest BCUT2D eigenvalue weighted by Crippen LogP contribution is -2.38. The third-order valence-corrected chi connectivity index (χ3v) is 4.93. The van der Waals surface area contributed by atoms with E-state index >= 15 is 0 Å². The van der Waals surface area contributed by atoms with Gasteiger partial charge in [-0.3, -0.25) is 4.79 Å². The van der Waals surface area contributed by atoms with Crippen molar-refractivity contribution in [3.63, 3.8) is 0 Å². The molecule has 0 bridgehead atoms. The molecule has 0 atom stereocenters. The predicted molar refractivity (Wildman–Crippen MR) is 100 cm³/mol. The van der Waals surface area contributed by atoms with Gasteiger partial charge in [0.1, 0.15) is 6.61 Å². The molecule has 0 aliphatic heterocycles. The van der Waals surface area contributed by atoms with E-state index in [0.29, 0.717) is 25.1 Å². The number of benzene rings is 1. The molecule has 0 radical (unpaired) electrons. The molecule has 1 aliphatic rings. The van der Waals surface area contributed by atoms with Gasteiger partial charge in [0, 0.05) is 13.0 Å². The number of carbonyl (C=O) groups excluding carboxylic acids is 1. The fourth-order valence-corrected chi connectivity index (χ4v) is 3.40. The summed E-state index contributed by atoms with van der Waals surface area (Å²) in [5, 5.41) is 2.91. The quantitative estimate of drug-likeness (QED) is 0.680. The van der Waals surface area contributed by atoms with Crippen molar-refractivity contribution in [1.29, 1.82) is 0 Å². The first-order valence-corrected chi connectivity index (χ1v) is 9.01. The van der Waals surface area contributed by atoms with Gasteiger partial charge >= 0.3 is 6.18 Å². The van der Waals surface area contributed by atoms with Crippen molar-refractivity contribution in [2.24, 2.45) is 11.1 Å². The molecule has 8 heteroatoms. The molecule has 1 amide bonds. The number of alkyl halides is 3. The summed E-state index contributed by atoms with van der Waals surface area (Å²) in [5.41, 5.74) is 7.40. The van der Waals surface area contributed by atoms with Crippen LogP contribution in [0, 0.1) is 5.41 Å². The molecule has 27 heavy (non-hydrogen) atoms. The van der Waals surface area contributed by atoms with E-state index in [4.69, 9.17) is 5.73 Å². The Morgan fingerprint density at radius 3 is 2.26 bits per heavy atom. The average molecular weight is 409 g/mol.